The number of carbonyl (C=O) groups is 2. The number of likely N-dealkylation sites (tertiary alicyclic amines) is 1. The summed E-state index contributed by atoms with van der Waals surface area (Å²) in [6.45, 7) is 4.78. The number of nitrogens with zero attached hydrogens (tertiary/aromatic N) is 2. The summed E-state index contributed by atoms with van der Waals surface area (Å²) in [7, 11) is 0. The first-order chi connectivity index (χ1) is 13.2. The van der Waals surface area contributed by atoms with Crippen molar-refractivity contribution in [3.63, 3.8) is 0 Å². The minimum Gasteiger partial charge on any atom is -0.472 e. The lowest BCUT2D eigenvalue weighted by atomic mass is 9.78. The van der Waals surface area contributed by atoms with Gasteiger partial charge in [0.05, 0.1) is 30.6 Å². The van der Waals surface area contributed by atoms with E-state index < -0.39 is 0 Å². The highest BCUT2D eigenvalue weighted by Gasteiger charge is 2.42. The van der Waals surface area contributed by atoms with Crippen LogP contribution < -0.4 is 0 Å². The Morgan fingerprint density at radius 3 is 2.56 bits per heavy atom. The van der Waals surface area contributed by atoms with Gasteiger partial charge in [-0.2, -0.15) is 0 Å². The van der Waals surface area contributed by atoms with E-state index in [2.05, 4.69) is 0 Å². The van der Waals surface area contributed by atoms with Crippen LogP contribution in [0.3, 0.4) is 0 Å². The minimum absolute atomic E-state index is 0.0217. The minimum atomic E-state index is -0.179. The summed E-state index contributed by atoms with van der Waals surface area (Å²) in [6.07, 6.45) is 7.14. The highest BCUT2D eigenvalue weighted by Crippen LogP contribution is 2.39. The highest BCUT2D eigenvalue weighted by molar-refractivity contribution is 5.93. The molecule has 0 radical (unpaired) electrons. The summed E-state index contributed by atoms with van der Waals surface area (Å²) in [5, 5.41) is 0. The maximum Gasteiger partial charge on any atom is 0.257 e. The summed E-state index contributed by atoms with van der Waals surface area (Å²) < 4.78 is 16.5. The SMILES string of the molecule is O=C(CC1CCOC2(CCN(C(=O)c3ccoc3)CC2)C1)N1CCOCC1. The zero-order valence-corrected chi connectivity index (χ0v) is 15.7. The number of ether oxygens (including phenoxy) is 2. The highest BCUT2D eigenvalue weighted by atomic mass is 16.5. The molecular weight excluding hydrogens is 348 g/mol. The van der Waals surface area contributed by atoms with E-state index in [9.17, 15) is 9.59 Å². The monoisotopic (exact) mass is 376 g/mol. The zero-order valence-electron chi connectivity index (χ0n) is 15.7. The molecule has 7 nitrogen and oxygen atoms in total. The van der Waals surface area contributed by atoms with Crippen LogP contribution in [0.5, 0.6) is 0 Å². The molecule has 0 bridgehead atoms. The van der Waals surface area contributed by atoms with Gasteiger partial charge in [-0.25, -0.2) is 0 Å². The van der Waals surface area contributed by atoms with E-state index in [1.54, 1.807) is 6.07 Å². The molecule has 1 aromatic rings. The van der Waals surface area contributed by atoms with Gasteiger partial charge in [-0.15, -0.1) is 0 Å². The largest absolute Gasteiger partial charge is 0.472 e. The Labute approximate surface area is 159 Å². The quantitative estimate of drug-likeness (QED) is 0.806. The molecule has 3 aliphatic heterocycles. The van der Waals surface area contributed by atoms with Crippen molar-refractivity contribution in [3.8, 4) is 0 Å². The van der Waals surface area contributed by atoms with Gasteiger partial charge < -0.3 is 23.7 Å². The molecule has 0 saturated carbocycles. The molecule has 148 valence electrons. The predicted octanol–water partition coefficient (Wildman–Crippen LogP) is 1.93. The van der Waals surface area contributed by atoms with Crippen molar-refractivity contribution in [1.29, 1.82) is 0 Å². The number of morpholine rings is 1. The van der Waals surface area contributed by atoms with Crippen LogP contribution >= 0.6 is 0 Å². The third kappa shape index (κ3) is 4.19. The second kappa shape index (κ2) is 8.02. The van der Waals surface area contributed by atoms with Gasteiger partial charge in [0, 0.05) is 39.2 Å². The van der Waals surface area contributed by atoms with Gasteiger partial charge in [0.2, 0.25) is 5.91 Å². The molecule has 2 amide bonds. The number of carbonyl (C=O) groups excluding carboxylic acids is 2. The average molecular weight is 376 g/mol. The Morgan fingerprint density at radius 2 is 1.85 bits per heavy atom. The number of hydrogen-bond donors (Lipinski definition) is 0. The molecule has 1 atom stereocenters. The molecule has 1 unspecified atom stereocenters. The molecule has 3 aliphatic rings. The van der Waals surface area contributed by atoms with Crippen molar-refractivity contribution in [2.75, 3.05) is 46.0 Å². The van der Waals surface area contributed by atoms with Gasteiger partial charge in [0.15, 0.2) is 0 Å². The molecule has 1 aromatic heterocycles. The fraction of sp³-hybridized carbons (Fsp3) is 0.700. The van der Waals surface area contributed by atoms with Crippen molar-refractivity contribution in [2.45, 2.75) is 37.7 Å². The summed E-state index contributed by atoms with van der Waals surface area (Å²) in [6, 6.07) is 1.71. The van der Waals surface area contributed by atoms with Gasteiger partial charge in [-0.05, 0) is 37.7 Å². The summed E-state index contributed by atoms with van der Waals surface area (Å²) in [5.74, 6) is 0.631. The number of amides is 2. The molecule has 4 heterocycles. The number of furan rings is 1. The van der Waals surface area contributed by atoms with Gasteiger partial charge in [-0.1, -0.05) is 0 Å². The maximum atomic E-state index is 12.6. The van der Waals surface area contributed by atoms with Crippen molar-refractivity contribution >= 4 is 11.8 Å². The van der Waals surface area contributed by atoms with E-state index >= 15 is 0 Å². The normalized spacial score (nSPS) is 25.6. The lowest BCUT2D eigenvalue weighted by Crippen LogP contribution is -2.51. The third-order valence-electron chi connectivity index (χ3n) is 6.15. The van der Waals surface area contributed by atoms with Gasteiger partial charge in [0.25, 0.3) is 5.91 Å². The van der Waals surface area contributed by atoms with Gasteiger partial charge in [0.1, 0.15) is 6.26 Å². The molecule has 1 spiro atoms. The molecule has 3 fully saturated rings. The van der Waals surface area contributed by atoms with E-state index in [0.29, 0.717) is 63.9 Å². The first kappa shape index (κ1) is 18.5. The Morgan fingerprint density at radius 1 is 1.07 bits per heavy atom. The molecule has 3 saturated heterocycles. The van der Waals surface area contributed by atoms with Crippen LogP contribution in [-0.4, -0.2) is 73.2 Å². The smallest absolute Gasteiger partial charge is 0.257 e. The second-order valence-electron chi connectivity index (χ2n) is 7.89. The molecule has 0 N–H and O–H groups in total. The molecule has 4 rings (SSSR count). The first-order valence-corrected chi connectivity index (χ1v) is 9.96. The fourth-order valence-electron chi connectivity index (χ4n) is 4.53. The molecule has 0 aliphatic carbocycles. The van der Waals surface area contributed by atoms with Crippen molar-refractivity contribution in [3.05, 3.63) is 24.2 Å². The topological polar surface area (TPSA) is 72.2 Å². The van der Waals surface area contributed by atoms with Crippen LogP contribution in [0.2, 0.25) is 0 Å². The Bertz CT molecular complexity index is 645. The van der Waals surface area contributed by atoms with E-state index in [4.69, 9.17) is 13.9 Å². The zero-order chi connectivity index (χ0) is 18.7. The van der Waals surface area contributed by atoms with E-state index in [1.807, 2.05) is 9.80 Å². The van der Waals surface area contributed by atoms with Crippen LogP contribution in [0.25, 0.3) is 0 Å². The van der Waals surface area contributed by atoms with Crippen LogP contribution in [0.1, 0.15) is 42.5 Å². The molecule has 0 aromatic carbocycles. The van der Waals surface area contributed by atoms with Crippen molar-refractivity contribution in [1.82, 2.24) is 9.80 Å². The maximum absolute atomic E-state index is 12.6. The number of hydrogen-bond acceptors (Lipinski definition) is 5. The Balaban J connectivity index is 1.30. The van der Waals surface area contributed by atoms with Crippen molar-refractivity contribution < 1.29 is 23.5 Å². The van der Waals surface area contributed by atoms with Crippen LogP contribution in [-0.2, 0) is 14.3 Å². The molecular formula is C20H28N2O5. The molecule has 27 heavy (non-hydrogen) atoms. The number of piperidine rings is 1. The van der Waals surface area contributed by atoms with Crippen LogP contribution in [0.4, 0.5) is 0 Å². The standard InChI is InChI=1S/C20H28N2O5/c23-18(21-7-11-25-12-8-21)13-16-1-10-27-20(14-16)3-5-22(6-4-20)19(24)17-2-9-26-15-17/h2,9,15-16H,1,3-8,10-14H2. The summed E-state index contributed by atoms with van der Waals surface area (Å²) in [5.41, 5.74) is 0.422. The first-order valence-electron chi connectivity index (χ1n) is 9.96. The third-order valence-corrected chi connectivity index (χ3v) is 6.15. The average Bonchev–Trinajstić information content (AvgIpc) is 3.24. The number of rotatable bonds is 3. The van der Waals surface area contributed by atoms with Crippen LogP contribution in [0.15, 0.2) is 23.0 Å². The van der Waals surface area contributed by atoms with E-state index in [1.165, 1.54) is 12.5 Å². The fourth-order valence-corrected chi connectivity index (χ4v) is 4.53. The second-order valence-corrected chi connectivity index (χ2v) is 7.89. The van der Waals surface area contributed by atoms with E-state index in [0.717, 1.165) is 25.7 Å². The van der Waals surface area contributed by atoms with Gasteiger partial charge in [-0.3, -0.25) is 9.59 Å². The molecule has 7 heteroatoms. The lowest BCUT2D eigenvalue weighted by Gasteiger charge is -2.46. The lowest BCUT2D eigenvalue weighted by molar-refractivity contribution is -0.143. The van der Waals surface area contributed by atoms with E-state index in [-0.39, 0.29) is 17.4 Å². The summed E-state index contributed by atoms with van der Waals surface area (Å²) in [4.78, 5) is 28.9. The Kier molecular flexibility index (Phi) is 5.50. The summed E-state index contributed by atoms with van der Waals surface area (Å²) >= 11 is 0. The predicted molar refractivity (Wildman–Crippen MR) is 97.3 cm³/mol. The van der Waals surface area contributed by atoms with Crippen LogP contribution in [0, 0.1) is 5.92 Å². The van der Waals surface area contributed by atoms with Crippen molar-refractivity contribution in [2.24, 2.45) is 5.92 Å². The Hall–Kier alpha value is -1.86. The van der Waals surface area contributed by atoms with Gasteiger partial charge >= 0.3 is 0 Å².